The maximum Gasteiger partial charge on any atom is 0.163 e. The van der Waals surface area contributed by atoms with Crippen molar-refractivity contribution in [2.75, 3.05) is 5.32 Å². The van der Waals surface area contributed by atoms with Gasteiger partial charge in [0, 0.05) is 36.9 Å². The summed E-state index contributed by atoms with van der Waals surface area (Å²) in [4.78, 5) is 12.4. The van der Waals surface area contributed by atoms with Crippen molar-refractivity contribution < 1.29 is 4.39 Å². The van der Waals surface area contributed by atoms with Gasteiger partial charge in [-0.05, 0) is 35.9 Å². The first-order chi connectivity index (χ1) is 12.8. The Balaban J connectivity index is 1.50. The van der Waals surface area contributed by atoms with E-state index in [1.165, 1.54) is 12.3 Å². The number of nitrogens with zero attached hydrogens (tertiary/aromatic N) is 5. The van der Waals surface area contributed by atoms with Gasteiger partial charge in [-0.1, -0.05) is 12.1 Å². The molecule has 0 saturated carbocycles. The van der Waals surface area contributed by atoms with Crippen LogP contribution in [0.1, 0.15) is 5.56 Å². The standard InChI is InChI=1S/C19H15FN6/c20-16-10-15(12-21-13-16)19-22-7-5-18(25-19)23-11-14-3-1-4-17(9-14)26-8-2-6-24-26/h1-10,12-13H,11H2,(H,22,23,25). The number of hydrogen-bond donors (Lipinski definition) is 1. The lowest BCUT2D eigenvalue weighted by atomic mass is 10.2. The lowest BCUT2D eigenvalue weighted by molar-refractivity contribution is 0.622. The van der Waals surface area contributed by atoms with E-state index in [0.29, 0.717) is 23.8 Å². The van der Waals surface area contributed by atoms with E-state index in [1.54, 1.807) is 18.5 Å². The highest BCUT2D eigenvalue weighted by molar-refractivity contribution is 5.55. The first-order valence-corrected chi connectivity index (χ1v) is 8.05. The Hall–Kier alpha value is -3.61. The van der Waals surface area contributed by atoms with Crippen molar-refractivity contribution in [1.82, 2.24) is 24.7 Å². The zero-order valence-corrected chi connectivity index (χ0v) is 13.7. The van der Waals surface area contributed by atoms with Gasteiger partial charge >= 0.3 is 0 Å². The number of aromatic nitrogens is 5. The van der Waals surface area contributed by atoms with Gasteiger partial charge in [0.15, 0.2) is 5.82 Å². The summed E-state index contributed by atoms with van der Waals surface area (Å²) in [7, 11) is 0. The van der Waals surface area contributed by atoms with Crippen molar-refractivity contribution >= 4 is 5.82 Å². The van der Waals surface area contributed by atoms with Crippen LogP contribution in [-0.4, -0.2) is 24.7 Å². The maximum absolute atomic E-state index is 13.3. The molecule has 6 nitrogen and oxygen atoms in total. The first kappa shape index (κ1) is 15.9. The van der Waals surface area contributed by atoms with Crippen LogP contribution in [0.5, 0.6) is 0 Å². The maximum atomic E-state index is 13.3. The van der Waals surface area contributed by atoms with Crippen LogP contribution in [0.3, 0.4) is 0 Å². The van der Waals surface area contributed by atoms with E-state index in [4.69, 9.17) is 0 Å². The first-order valence-electron chi connectivity index (χ1n) is 8.05. The molecule has 128 valence electrons. The lowest BCUT2D eigenvalue weighted by Crippen LogP contribution is -2.04. The van der Waals surface area contributed by atoms with E-state index < -0.39 is 5.82 Å². The molecule has 1 N–H and O–H groups in total. The second kappa shape index (κ2) is 7.10. The Morgan fingerprint density at radius 1 is 1.04 bits per heavy atom. The van der Waals surface area contributed by atoms with Crippen LogP contribution in [0.25, 0.3) is 17.1 Å². The van der Waals surface area contributed by atoms with E-state index in [1.807, 2.05) is 35.1 Å². The van der Waals surface area contributed by atoms with Gasteiger partial charge in [-0.3, -0.25) is 4.98 Å². The number of hydrogen-bond acceptors (Lipinski definition) is 5. The highest BCUT2D eigenvalue weighted by Gasteiger charge is 2.05. The Bertz CT molecular complexity index is 1020. The molecule has 0 aliphatic carbocycles. The van der Waals surface area contributed by atoms with Gasteiger partial charge in [-0.2, -0.15) is 5.10 Å². The minimum absolute atomic E-state index is 0.417. The summed E-state index contributed by atoms with van der Waals surface area (Å²) >= 11 is 0. The predicted molar refractivity (Wildman–Crippen MR) is 96.1 cm³/mol. The summed E-state index contributed by atoms with van der Waals surface area (Å²) in [5, 5.41) is 7.50. The van der Waals surface area contributed by atoms with Crippen molar-refractivity contribution in [1.29, 1.82) is 0 Å². The molecule has 4 aromatic rings. The van der Waals surface area contributed by atoms with Crippen molar-refractivity contribution in [3.63, 3.8) is 0 Å². The number of anilines is 1. The van der Waals surface area contributed by atoms with E-state index >= 15 is 0 Å². The van der Waals surface area contributed by atoms with Crippen LogP contribution in [0.2, 0.25) is 0 Å². The second-order valence-electron chi connectivity index (χ2n) is 5.63. The molecule has 4 rings (SSSR count). The molecule has 1 aromatic carbocycles. The van der Waals surface area contributed by atoms with Crippen molar-refractivity contribution in [3.8, 4) is 17.1 Å². The molecule has 0 fully saturated rings. The summed E-state index contributed by atoms with van der Waals surface area (Å²) in [5.41, 5.74) is 2.61. The Kier molecular flexibility index (Phi) is 4.34. The molecular formula is C19H15FN6. The van der Waals surface area contributed by atoms with Gasteiger partial charge in [-0.15, -0.1) is 0 Å². The van der Waals surface area contributed by atoms with Crippen LogP contribution in [0.4, 0.5) is 10.2 Å². The van der Waals surface area contributed by atoms with Gasteiger partial charge < -0.3 is 5.32 Å². The Morgan fingerprint density at radius 3 is 2.85 bits per heavy atom. The lowest BCUT2D eigenvalue weighted by Gasteiger charge is -2.09. The van der Waals surface area contributed by atoms with E-state index in [2.05, 4.69) is 31.4 Å². The van der Waals surface area contributed by atoms with Crippen LogP contribution in [0.15, 0.2) is 73.4 Å². The third-order valence-corrected chi connectivity index (χ3v) is 3.77. The summed E-state index contributed by atoms with van der Waals surface area (Å²) < 4.78 is 15.1. The normalized spacial score (nSPS) is 10.7. The van der Waals surface area contributed by atoms with Crippen LogP contribution in [0, 0.1) is 5.82 Å². The zero-order chi connectivity index (χ0) is 17.8. The Labute approximate surface area is 149 Å². The molecule has 3 aromatic heterocycles. The molecule has 0 spiro atoms. The summed E-state index contributed by atoms with van der Waals surface area (Å²) in [6.45, 7) is 0.590. The smallest absolute Gasteiger partial charge is 0.163 e. The number of pyridine rings is 1. The number of rotatable bonds is 5. The van der Waals surface area contributed by atoms with Crippen LogP contribution >= 0.6 is 0 Å². The minimum Gasteiger partial charge on any atom is -0.366 e. The fourth-order valence-electron chi connectivity index (χ4n) is 2.55. The molecule has 3 heterocycles. The van der Waals surface area contributed by atoms with Crippen molar-refractivity contribution in [2.24, 2.45) is 0 Å². The van der Waals surface area contributed by atoms with Crippen LogP contribution in [-0.2, 0) is 6.54 Å². The molecular weight excluding hydrogens is 331 g/mol. The summed E-state index contributed by atoms with van der Waals surface area (Å²) in [6.07, 6.45) is 7.97. The molecule has 0 amide bonds. The number of halogens is 1. The quantitative estimate of drug-likeness (QED) is 0.599. The van der Waals surface area contributed by atoms with Gasteiger partial charge in [0.2, 0.25) is 0 Å². The average Bonchev–Trinajstić information content (AvgIpc) is 3.22. The monoisotopic (exact) mass is 346 g/mol. The minimum atomic E-state index is -0.417. The molecule has 0 radical (unpaired) electrons. The Morgan fingerprint density at radius 2 is 2.00 bits per heavy atom. The molecule has 0 saturated heterocycles. The highest BCUT2D eigenvalue weighted by atomic mass is 19.1. The third kappa shape index (κ3) is 3.56. The van der Waals surface area contributed by atoms with E-state index in [9.17, 15) is 4.39 Å². The SMILES string of the molecule is Fc1cncc(-c2nccc(NCc3cccc(-n4cccn4)c3)n2)c1. The molecule has 0 bridgehead atoms. The van der Waals surface area contributed by atoms with Gasteiger partial charge in [0.25, 0.3) is 0 Å². The fraction of sp³-hybridized carbons (Fsp3) is 0.0526. The summed E-state index contributed by atoms with van der Waals surface area (Å²) in [5.74, 6) is 0.663. The number of nitrogens with one attached hydrogen (secondary N) is 1. The van der Waals surface area contributed by atoms with Crippen LogP contribution < -0.4 is 5.32 Å². The number of benzene rings is 1. The van der Waals surface area contributed by atoms with Gasteiger partial charge in [0.1, 0.15) is 11.6 Å². The zero-order valence-electron chi connectivity index (χ0n) is 13.7. The average molecular weight is 346 g/mol. The van der Waals surface area contributed by atoms with Crippen molar-refractivity contribution in [3.05, 3.63) is 84.8 Å². The topological polar surface area (TPSA) is 68.5 Å². The molecule has 0 aliphatic rings. The second-order valence-corrected chi connectivity index (χ2v) is 5.63. The molecule has 0 unspecified atom stereocenters. The van der Waals surface area contributed by atoms with Crippen molar-refractivity contribution in [2.45, 2.75) is 6.54 Å². The molecule has 0 atom stereocenters. The van der Waals surface area contributed by atoms with E-state index in [-0.39, 0.29) is 0 Å². The third-order valence-electron chi connectivity index (χ3n) is 3.77. The summed E-state index contributed by atoms with van der Waals surface area (Å²) in [6, 6.07) is 13.1. The largest absolute Gasteiger partial charge is 0.366 e. The highest BCUT2D eigenvalue weighted by Crippen LogP contribution is 2.17. The van der Waals surface area contributed by atoms with Gasteiger partial charge in [0.05, 0.1) is 11.9 Å². The fourth-order valence-corrected chi connectivity index (χ4v) is 2.55. The molecule has 0 aliphatic heterocycles. The van der Waals surface area contributed by atoms with E-state index in [0.717, 1.165) is 17.4 Å². The predicted octanol–water partition coefficient (Wildman–Crippen LogP) is 3.48. The molecule has 26 heavy (non-hydrogen) atoms. The van der Waals surface area contributed by atoms with Gasteiger partial charge in [-0.25, -0.2) is 19.0 Å². The molecule has 7 heteroatoms.